The minimum atomic E-state index is 0.0664. The van der Waals surface area contributed by atoms with E-state index < -0.39 is 0 Å². The van der Waals surface area contributed by atoms with E-state index in [9.17, 15) is 5.11 Å². The normalized spacial score (nSPS) is 10.3. The van der Waals surface area contributed by atoms with Crippen molar-refractivity contribution in [3.05, 3.63) is 90.5 Å². The molecule has 2 heteroatoms. The molecule has 0 aliphatic carbocycles. The molecule has 0 fully saturated rings. The summed E-state index contributed by atoms with van der Waals surface area (Å²) in [5.74, 6) is 0. The number of benzene rings is 3. The van der Waals surface area contributed by atoms with Crippen LogP contribution in [0.5, 0.6) is 0 Å². The lowest BCUT2D eigenvalue weighted by atomic mass is 10.1. The van der Waals surface area contributed by atoms with Gasteiger partial charge in [-0.3, -0.25) is 0 Å². The molecular formula is C19H17NO. The van der Waals surface area contributed by atoms with Crippen LogP contribution in [0, 0.1) is 0 Å². The van der Waals surface area contributed by atoms with Gasteiger partial charge in [0.15, 0.2) is 0 Å². The molecule has 1 N–H and O–H groups in total. The van der Waals surface area contributed by atoms with Gasteiger partial charge in [-0.1, -0.05) is 48.5 Å². The Morgan fingerprint density at radius 2 is 1.00 bits per heavy atom. The van der Waals surface area contributed by atoms with Crippen LogP contribution in [0.15, 0.2) is 84.9 Å². The predicted octanol–water partition coefficient (Wildman–Crippen LogP) is 4.65. The molecule has 0 saturated heterocycles. The predicted molar refractivity (Wildman–Crippen MR) is 87.0 cm³/mol. The molecule has 3 rings (SSSR count). The van der Waals surface area contributed by atoms with Gasteiger partial charge in [0.25, 0.3) is 0 Å². The molecule has 0 heterocycles. The van der Waals surface area contributed by atoms with Crippen molar-refractivity contribution in [2.75, 3.05) is 4.90 Å². The number of rotatable bonds is 4. The van der Waals surface area contributed by atoms with Crippen LogP contribution < -0.4 is 4.90 Å². The van der Waals surface area contributed by atoms with E-state index in [2.05, 4.69) is 29.2 Å². The maximum Gasteiger partial charge on any atom is 0.0681 e. The number of hydrogen-bond donors (Lipinski definition) is 1. The van der Waals surface area contributed by atoms with Crippen molar-refractivity contribution >= 4 is 17.1 Å². The molecule has 0 unspecified atom stereocenters. The van der Waals surface area contributed by atoms with Gasteiger partial charge in [-0.05, 0) is 42.0 Å². The molecule has 0 amide bonds. The Hall–Kier alpha value is -2.58. The average Bonchev–Trinajstić information content (AvgIpc) is 2.58. The second kappa shape index (κ2) is 6.25. The van der Waals surface area contributed by atoms with Crippen molar-refractivity contribution in [3.8, 4) is 0 Å². The van der Waals surface area contributed by atoms with Crippen LogP contribution in [0.4, 0.5) is 17.1 Å². The number of nitrogens with zero attached hydrogens (tertiary/aromatic N) is 1. The van der Waals surface area contributed by atoms with Crippen LogP contribution in [-0.4, -0.2) is 5.11 Å². The molecule has 0 bridgehead atoms. The van der Waals surface area contributed by atoms with Crippen molar-refractivity contribution in [3.63, 3.8) is 0 Å². The standard InChI is InChI=1S/C19H17NO/c21-15-16-11-13-19(14-12-16)20(17-7-3-1-4-8-17)18-9-5-2-6-10-18/h1-14,21H,15H2. The molecule has 0 aliphatic rings. The van der Waals surface area contributed by atoms with Crippen molar-refractivity contribution in [1.82, 2.24) is 0 Å². The number of anilines is 3. The highest BCUT2D eigenvalue weighted by atomic mass is 16.3. The number of para-hydroxylation sites is 2. The third kappa shape index (κ3) is 2.96. The number of aliphatic hydroxyl groups excluding tert-OH is 1. The molecule has 3 aromatic carbocycles. The lowest BCUT2D eigenvalue weighted by Crippen LogP contribution is -2.09. The molecule has 0 aromatic heterocycles. The van der Waals surface area contributed by atoms with Gasteiger partial charge in [0, 0.05) is 17.1 Å². The van der Waals surface area contributed by atoms with Gasteiger partial charge >= 0.3 is 0 Å². The van der Waals surface area contributed by atoms with Gasteiger partial charge in [0.2, 0.25) is 0 Å². The summed E-state index contributed by atoms with van der Waals surface area (Å²) >= 11 is 0. The second-order valence-electron chi connectivity index (χ2n) is 4.83. The molecule has 0 saturated carbocycles. The topological polar surface area (TPSA) is 23.5 Å². The molecule has 0 atom stereocenters. The highest BCUT2D eigenvalue weighted by Gasteiger charge is 2.11. The minimum absolute atomic E-state index is 0.0664. The Morgan fingerprint density at radius 1 is 0.571 bits per heavy atom. The van der Waals surface area contributed by atoms with Crippen molar-refractivity contribution in [2.45, 2.75) is 6.61 Å². The zero-order valence-corrected chi connectivity index (χ0v) is 11.7. The molecule has 3 aromatic rings. The summed E-state index contributed by atoms with van der Waals surface area (Å²) in [4.78, 5) is 2.20. The van der Waals surface area contributed by atoms with Gasteiger partial charge in [0.05, 0.1) is 6.61 Å². The fourth-order valence-electron chi connectivity index (χ4n) is 2.35. The fraction of sp³-hybridized carbons (Fsp3) is 0.0526. The van der Waals surface area contributed by atoms with Gasteiger partial charge in [-0.2, -0.15) is 0 Å². The SMILES string of the molecule is OCc1ccc(N(c2ccccc2)c2ccccc2)cc1. The van der Waals surface area contributed by atoms with Crippen LogP contribution in [0.3, 0.4) is 0 Å². The summed E-state index contributed by atoms with van der Waals surface area (Å²) in [6.45, 7) is 0.0664. The Kier molecular flexibility index (Phi) is 3.99. The van der Waals surface area contributed by atoms with Crippen LogP contribution in [-0.2, 0) is 6.61 Å². The summed E-state index contributed by atoms with van der Waals surface area (Å²) in [6.07, 6.45) is 0. The van der Waals surface area contributed by atoms with Crippen molar-refractivity contribution in [2.24, 2.45) is 0 Å². The van der Waals surface area contributed by atoms with Gasteiger partial charge in [0.1, 0.15) is 0 Å². The Labute approximate surface area is 124 Å². The second-order valence-corrected chi connectivity index (χ2v) is 4.83. The van der Waals surface area contributed by atoms with E-state index in [0.29, 0.717) is 0 Å². The Morgan fingerprint density at radius 3 is 1.43 bits per heavy atom. The first kappa shape index (κ1) is 13.4. The molecule has 0 radical (unpaired) electrons. The molecule has 0 aliphatic heterocycles. The van der Waals surface area contributed by atoms with E-state index in [1.165, 1.54) is 0 Å². The van der Waals surface area contributed by atoms with Crippen molar-refractivity contribution in [1.29, 1.82) is 0 Å². The van der Waals surface area contributed by atoms with E-state index in [0.717, 1.165) is 22.6 Å². The lowest BCUT2D eigenvalue weighted by Gasteiger charge is -2.25. The van der Waals surface area contributed by atoms with Crippen LogP contribution >= 0.6 is 0 Å². The zero-order chi connectivity index (χ0) is 14.5. The van der Waals surface area contributed by atoms with Gasteiger partial charge in [-0.25, -0.2) is 0 Å². The maximum absolute atomic E-state index is 9.19. The van der Waals surface area contributed by atoms with E-state index in [4.69, 9.17) is 0 Å². The number of aliphatic hydroxyl groups is 1. The average molecular weight is 275 g/mol. The summed E-state index contributed by atoms with van der Waals surface area (Å²) < 4.78 is 0. The van der Waals surface area contributed by atoms with E-state index in [1.807, 2.05) is 60.7 Å². The largest absolute Gasteiger partial charge is 0.392 e. The van der Waals surface area contributed by atoms with Crippen LogP contribution in [0.25, 0.3) is 0 Å². The molecule has 104 valence electrons. The summed E-state index contributed by atoms with van der Waals surface area (Å²) in [6, 6.07) is 28.5. The lowest BCUT2D eigenvalue weighted by molar-refractivity contribution is 0.282. The Bertz CT molecular complexity index is 638. The summed E-state index contributed by atoms with van der Waals surface area (Å²) in [7, 11) is 0. The minimum Gasteiger partial charge on any atom is -0.392 e. The zero-order valence-electron chi connectivity index (χ0n) is 11.7. The first-order chi connectivity index (χ1) is 10.4. The molecular weight excluding hydrogens is 258 g/mol. The first-order valence-electron chi connectivity index (χ1n) is 6.98. The summed E-state index contributed by atoms with van der Waals surface area (Å²) in [5.41, 5.74) is 4.21. The molecule has 21 heavy (non-hydrogen) atoms. The maximum atomic E-state index is 9.19. The van der Waals surface area contributed by atoms with Crippen LogP contribution in [0.2, 0.25) is 0 Å². The van der Waals surface area contributed by atoms with E-state index in [1.54, 1.807) is 0 Å². The highest BCUT2D eigenvalue weighted by molar-refractivity contribution is 5.76. The number of hydrogen-bond acceptors (Lipinski definition) is 2. The smallest absolute Gasteiger partial charge is 0.0681 e. The van der Waals surface area contributed by atoms with Crippen LogP contribution in [0.1, 0.15) is 5.56 Å². The Balaban J connectivity index is 2.07. The molecule has 2 nitrogen and oxygen atoms in total. The van der Waals surface area contributed by atoms with E-state index >= 15 is 0 Å². The quantitative estimate of drug-likeness (QED) is 0.749. The third-order valence-corrected chi connectivity index (χ3v) is 3.41. The van der Waals surface area contributed by atoms with Crippen molar-refractivity contribution < 1.29 is 5.11 Å². The first-order valence-corrected chi connectivity index (χ1v) is 6.98. The van der Waals surface area contributed by atoms with Gasteiger partial charge < -0.3 is 10.0 Å². The van der Waals surface area contributed by atoms with Gasteiger partial charge in [-0.15, -0.1) is 0 Å². The third-order valence-electron chi connectivity index (χ3n) is 3.41. The van der Waals surface area contributed by atoms with E-state index in [-0.39, 0.29) is 6.61 Å². The summed E-state index contributed by atoms with van der Waals surface area (Å²) in [5, 5.41) is 9.19. The monoisotopic (exact) mass is 275 g/mol. The molecule has 0 spiro atoms. The highest BCUT2D eigenvalue weighted by Crippen LogP contribution is 2.33. The fourth-order valence-corrected chi connectivity index (χ4v) is 2.35.